The molecular weight excluding hydrogens is 436 g/mol. The summed E-state index contributed by atoms with van der Waals surface area (Å²) in [6, 6.07) is 19.7. The van der Waals surface area contributed by atoms with Gasteiger partial charge in [-0.15, -0.1) is 0 Å². The molecule has 3 amide bonds. The van der Waals surface area contributed by atoms with Crippen molar-refractivity contribution in [2.45, 2.75) is 13.0 Å². The summed E-state index contributed by atoms with van der Waals surface area (Å²) < 4.78 is 11.2. The van der Waals surface area contributed by atoms with Crippen LogP contribution in [0.4, 0.5) is 5.69 Å². The second-order valence-electron chi connectivity index (χ2n) is 7.54. The van der Waals surface area contributed by atoms with Gasteiger partial charge in [0.1, 0.15) is 5.75 Å². The Morgan fingerprint density at radius 1 is 0.912 bits per heavy atom. The van der Waals surface area contributed by atoms with E-state index in [-0.39, 0.29) is 16.7 Å². The van der Waals surface area contributed by atoms with Crippen molar-refractivity contribution in [2.24, 2.45) is 0 Å². The highest BCUT2D eigenvalue weighted by atomic mass is 16.5. The Balaban J connectivity index is 1.61. The first-order valence-electron chi connectivity index (χ1n) is 10.7. The molecule has 1 atom stereocenters. The third-order valence-corrected chi connectivity index (χ3v) is 5.34. The minimum absolute atomic E-state index is 0.0543. The van der Waals surface area contributed by atoms with E-state index >= 15 is 0 Å². The van der Waals surface area contributed by atoms with E-state index in [9.17, 15) is 19.2 Å². The molecule has 3 aromatic rings. The van der Waals surface area contributed by atoms with Crippen molar-refractivity contribution >= 4 is 29.4 Å². The largest absolute Gasteiger partial charge is 0.492 e. The highest BCUT2D eigenvalue weighted by molar-refractivity contribution is 6.21. The van der Waals surface area contributed by atoms with Crippen molar-refractivity contribution in [3.8, 4) is 5.75 Å². The number of anilines is 1. The highest BCUT2D eigenvalue weighted by Gasteiger charge is 2.34. The molecule has 1 heterocycles. The van der Waals surface area contributed by atoms with Crippen LogP contribution in [0.15, 0.2) is 72.8 Å². The molecule has 8 heteroatoms. The average Bonchev–Trinajstić information content (AvgIpc) is 3.07. The summed E-state index contributed by atoms with van der Waals surface area (Å²) in [6.45, 7) is 2.25. The van der Waals surface area contributed by atoms with E-state index in [1.54, 1.807) is 54.6 Å². The zero-order valence-corrected chi connectivity index (χ0v) is 18.6. The van der Waals surface area contributed by atoms with Crippen LogP contribution in [0.25, 0.3) is 0 Å². The number of ether oxygens (including phenoxy) is 2. The fourth-order valence-electron chi connectivity index (χ4n) is 3.61. The number of nitrogens with one attached hydrogen (secondary N) is 1. The van der Waals surface area contributed by atoms with Crippen LogP contribution in [-0.4, -0.2) is 42.2 Å². The Labute approximate surface area is 196 Å². The number of benzene rings is 3. The number of esters is 1. The van der Waals surface area contributed by atoms with Crippen molar-refractivity contribution < 1.29 is 28.7 Å². The van der Waals surface area contributed by atoms with Crippen LogP contribution < -0.4 is 10.1 Å². The number of hydrogen-bond donors (Lipinski definition) is 1. The lowest BCUT2D eigenvalue weighted by molar-refractivity contribution is -0.125. The number of para-hydroxylation sites is 2. The van der Waals surface area contributed by atoms with Gasteiger partial charge in [-0.3, -0.25) is 19.3 Å². The summed E-state index contributed by atoms with van der Waals surface area (Å²) >= 11 is 0. The molecule has 0 aliphatic carbocycles. The predicted molar refractivity (Wildman–Crippen MR) is 124 cm³/mol. The lowest BCUT2D eigenvalue weighted by Gasteiger charge is -2.19. The number of carbonyl (C=O) groups excluding carboxylic acids is 4. The van der Waals surface area contributed by atoms with Gasteiger partial charge in [0.05, 0.1) is 29.0 Å². The summed E-state index contributed by atoms with van der Waals surface area (Å²) in [5.41, 5.74) is 1.30. The van der Waals surface area contributed by atoms with Crippen molar-refractivity contribution in [3.05, 3.63) is 95.1 Å². The minimum atomic E-state index is -1.27. The van der Waals surface area contributed by atoms with E-state index in [1.165, 1.54) is 25.2 Å². The van der Waals surface area contributed by atoms with Gasteiger partial charge in [-0.25, -0.2) is 4.79 Å². The Morgan fingerprint density at radius 2 is 1.59 bits per heavy atom. The molecule has 0 bridgehead atoms. The van der Waals surface area contributed by atoms with Crippen LogP contribution in [0.3, 0.4) is 0 Å². The molecule has 3 aromatic carbocycles. The first-order valence-corrected chi connectivity index (χ1v) is 10.7. The maximum Gasteiger partial charge on any atom is 0.339 e. The molecule has 34 heavy (non-hydrogen) atoms. The predicted octanol–water partition coefficient (Wildman–Crippen LogP) is 3.85. The van der Waals surface area contributed by atoms with Gasteiger partial charge in [0, 0.05) is 12.6 Å². The van der Waals surface area contributed by atoms with Gasteiger partial charge in [0.2, 0.25) is 6.10 Å². The molecular formula is C26H22N2O6. The zero-order valence-electron chi connectivity index (χ0n) is 18.6. The molecule has 0 radical (unpaired) electrons. The number of imide groups is 1. The molecule has 1 N–H and O–H groups in total. The van der Waals surface area contributed by atoms with Crippen molar-refractivity contribution in [2.75, 3.05) is 19.0 Å². The molecule has 0 spiro atoms. The molecule has 1 aliphatic rings. The van der Waals surface area contributed by atoms with Crippen molar-refractivity contribution in [1.82, 2.24) is 4.90 Å². The number of rotatable bonds is 7. The fourth-order valence-corrected chi connectivity index (χ4v) is 3.61. The maximum atomic E-state index is 13.2. The quantitative estimate of drug-likeness (QED) is 0.426. The van der Waals surface area contributed by atoms with Crippen LogP contribution in [0.5, 0.6) is 5.75 Å². The molecule has 0 fully saturated rings. The monoisotopic (exact) mass is 458 g/mol. The summed E-state index contributed by atoms with van der Waals surface area (Å²) in [6.07, 6.45) is -1.27. The van der Waals surface area contributed by atoms with E-state index in [2.05, 4.69) is 5.32 Å². The van der Waals surface area contributed by atoms with Gasteiger partial charge < -0.3 is 14.8 Å². The molecule has 8 nitrogen and oxygen atoms in total. The van der Waals surface area contributed by atoms with Crippen LogP contribution in [-0.2, 0) is 9.53 Å². The topological polar surface area (TPSA) is 102 Å². The first-order chi connectivity index (χ1) is 16.4. The van der Waals surface area contributed by atoms with Crippen LogP contribution in [0.2, 0.25) is 0 Å². The Morgan fingerprint density at radius 3 is 2.32 bits per heavy atom. The van der Waals surface area contributed by atoms with E-state index in [0.717, 1.165) is 4.90 Å². The third-order valence-electron chi connectivity index (χ3n) is 5.34. The number of fused-ring (bicyclic) bond motifs is 1. The Kier molecular flexibility index (Phi) is 6.40. The fraction of sp³-hybridized carbons (Fsp3) is 0.154. The average molecular weight is 458 g/mol. The van der Waals surface area contributed by atoms with Crippen LogP contribution in [0.1, 0.15) is 49.7 Å². The molecule has 1 unspecified atom stereocenters. The third kappa shape index (κ3) is 4.38. The minimum Gasteiger partial charge on any atom is -0.492 e. The lowest BCUT2D eigenvalue weighted by atomic mass is 10.1. The number of nitrogens with zero attached hydrogens (tertiary/aromatic N) is 1. The number of hydrogen-bond acceptors (Lipinski definition) is 6. The SMILES string of the molecule is CCOc1ccccc1NC(=O)C(OC(=O)c1ccc2c(c1)C(=O)N(C)C2=O)c1ccccc1. The first kappa shape index (κ1) is 22.7. The van der Waals surface area contributed by atoms with E-state index < -0.39 is 29.8 Å². The number of amides is 3. The van der Waals surface area contributed by atoms with Crippen LogP contribution >= 0.6 is 0 Å². The van der Waals surface area contributed by atoms with Crippen molar-refractivity contribution in [1.29, 1.82) is 0 Å². The number of carbonyl (C=O) groups is 4. The highest BCUT2D eigenvalue weighted by Crippen LogP contribution is 2.28. The molecule has 0 aromatic heterocycles. The molecule has 4 rings (SSSR count). The summed E-state index contributed by atoms with van der Waals surface area (Å²) in [5.74, 6) is -1.82. The van der Waals surface area contributed by atoms with E-state index in [1.807, 2.05) is 6.92 Å². The molecule has 172 valence electrons. The Bertz CT molecular complexity index is 1270. The maximum absolute atomic E-state index is 13.2. The standard InChI is InChI=1S/C26H22N2O6/c1-3-33-21-12-8-7-11-20(21)27-23(29)22(16-9-5-4-6-10-16)34-26(32)17-13-14-18-19(15-17)25(31)28(2)24(18)30/h4-15,22H,3H2,1-2H3,(H,27,29). The zero-order chi connectivity index (χ0) is 24.2. The van der Waals surface area contributed by atoms with Gasteiger partial charge in [0.25, 0.3) is 17.7 Å². The van der Waals surface area contributed by atoms with Gasteiger partial charge in [-0.2, -0.15) is 0 Å². The lowest BCUT2D eigenvalue weighted by Crippen LogP contribution is -2.26. The second-order valence-corrected chi connectivity index (χ2v) is 7.54. The molecule has 0 saturated carbocycles. The van der Waals surface area contributed by atoms with E-state index in [0.29, 0.717) is 23.6 Å². The normalized spacial score (nSPS) is 13.3. The summed E-state index contributed by atoms with van der Waals surface area (Å²) in [7, 11) is 1.37. The van der Waals surface area contributed by atoms with E-state index in [4.69, 9.17) is 9.47 Å². The summed E-state index contributed by atoms with van der Waals surface area (Å²) in [4.78, 5) is 51.6. The van der Waals surface area contributed by atoms with Crippen LogP contribution in [0, 0.1) is 0 Å². The second kappa shape index (κ2) is 9.58. The summed E-state index contributed by atoms with van der Waals surface area (Å²) in [5, 5.41) is 2.76. The van der Waals surface area contributed by atoms with Gasteiger partial charge in [-0.05, 0) is 37.3 Å². The molecule has 1 aliphatic heterocycles. The van der Waals surface area contributed by atoms with Crippen molar-refractivity contribution in [3.63, 3.8) is 0 Å². The van der Waals surface area contributed by atoms with Gasteiger partial charge in [-0.1, -0.05) is 42.5 Å². The van der Waals surface area contributed by atoms with Gasteiger partial charge in [0.15, 0.2) is 0 Å². The van der Waals surface area contributed by atoms with Gasteiger partial charge >= 0.3 is 5.97 Å². The molecule has 0 saturated heterocycles. The smallest absolute Gasteiger partial charge is 0.339 e. The Hall–Kier alpha value is -4.46.